The van der Waals surface area contributed by atoms with E-state index in [0.717, 1.165) is 61.5 Å². The van der Waals surface area contributed by atoms with Crippen LogP contribution in [-0.2, 0) is 6.42 Å². The summed E-state index contributed by atoms with van der Waals surface area (Å²) in [5, 5.41) is 22.3. The predicted octanol–water partition coefficient (Wildman–Crippen LogP) is 3.69. The van der Waals surface area contributed by atoms with Gasteiger partial charge in [-0.15, -0.1) is 11.3 Å². The third-order valence-electron chi connectivity index (χ3n) is 4.80. The smallest absolute Gasteiger partial charge is 0.281 e. The van der Waals surface area contributed by atoms with Crippen molar-refractivity contribution < 1.29 is 10.0 Å². The minimum atomic E-state index is -0.483. The summed E-state index contributed by atoms with van der Waals surface area (Å²) in [5.41, 5.74) is 2.45. The van der Waals surface area contributed by atoms with Crippen LogP contribution in [0, 0.1) is 10.1 Å². The van der Waals surface area contributed by atoms with Crippen molar-refractivity contribution >= 4 is 22.7 Å². The van der Waals surface area contributed by atoms with Gasteiger partial charge in [0.2, 0.25) is 0 Å². The first kappa shape index (κ1) is 15.5. The van der Waals surface area contributed by atoms with Gasteiger partial charge >= 0.3 is 0 Å². The van der Waals surface area contributed by atoms with E-state index >= 15 is 0 Å². The van der Waals surface area contributed by atoms with Crippen LogP contribution in [-0.4, -0.2) is 28.1 Å². The number of fused-ring (bicyclic) bond motifs is 1. The number of nitrogens with zero attached hydrogens (tertiary/aromatic N) is 3. The van der Waals surface area contributed by atoms with Crippen LogP contribution in [0.15, 0.2) is 18.2 Å². The zero-order chi connectivity index (χ0) is 16.7. The van der Waals surface area contributed by atoms with E-state index in [-0.39, 0.29) is 10.6 Å². The van der Waals surface area contributed by atoms with E-state index in [9.17, 15) is 15.2 Å². The number of hydrogen-bond donors (Lipinski definition) is 1. The van der Waals surface area contributed by atoms with Gasteiger partial charge in [-0.25, -0.2) is 4.98 Å². The average molecular weight is 345 g/mol. The maximum atomic E-state index is 11.6. The summed E-state index contributed by atoms with van der Waals surface area (Å²) in [6.07, 6.45) is 4.27. The molecular weight excluding hydrogens is 326 g/mol. The van der Waals surface area contributed by atoms with Crippen LogP contribution in [0.2, 0.25) is 0 Å². The van der Waals surface area contributed by atoms with Crippen LogP contribution in [0.5, 0.6) is 0 Å². The number of aliphatic hydroxyl groups is 1. The van der Waals surface area contributed by atoms with Gasteiger partial charge < -0.3 is 10.0 Å². The third-order valence-corrected chi connectivity index (χ3v) is 6.03. The Balaban J connectivity index is 1.76. The molecule has 7 heteroatoms. The van der Waals surface area contributed by atoms with Crippen LogP contribution >= 0.6 is 11.3 Å². The van der Waals surface area contributed by atoms with Gasteiger partial charge in [0.15, 0.2) is 0 Å². The lowest BCUT2D eigenvalue weighted by molar-refractivity contribution is -0.384. The Labute approximate surface area is 143 Å². The van der Waals surface area contributed by atoms with Gasteiger partial charge in [-0.3, -0.25) is 10.1 Å². The molecule has 2 heterocycles. The second-order valence-electron chi connectivity index (χ2n) is 6.39. The number of aliphatic hydroxyl groups excluding tert-OH is 1. The Hall–Kier alpha value is -1.99. The predicted molar refractivity (Wildman–Crippen MR) is 93.5 cm³/mol. The molecule has 1 atom stereocenters. The van der Waals surface area contributed by atoms with Gasteiger partial charge in [-0.2, -0.15) is 0 Å². The molecule has 4 rings (SSSR count). The Kier molecular flexibility index (Phi) is 3.97. The summed E-state index contributed by atoms with van der Waals surface area (Å²) < 4.78 is 0. The van der Waals surface area contributed by atoms with Gasteiger partial charge in [0.25, 0.3) is 5.69 Å². The molecule has 2 aliphatic rings. The number of thiazole rings is 1. The summed E-state index contributed by atoms with van der Waals surface area (Å²) in [6.45, 7) is 1.91. The van der Waals surface area contributed by atoms with E-state index in [1.165, 1.54) is 11.3 Å². The highest BCUT2D eigenvalue weighted by Crippen LogP contribution is 2.41. The minimum Gasteiger partial charge on any atom is -0.388 e. The highest BCUT2D eigenvalue weighted by atomic mass is 32.1. The molecule has 24 heavy (non-hydrogen) atoms. The first-order chi connectivity index (χ1) is 11.6. The molecule has 126 valence electrons. The quantitative estimate of drug-likeness (QED) is 0.678. The molecule has 1 N–H and O–H groups in total. The second-order valence-corrected chi connectivity index (χ2v) is 7.42. The van der Waals surface area contributed by atoms with Gasteiger partial charge in [0, 0.05) is 24.8 Å². The van der Waals surface area contributed by atoms with E-state index in [1.54, 1.807) is 6.07 Å². The van der Waals surface area contributed by atoms with Crippen molar-refractivity contribution in [2.75, 3.05) is 18.0 Å². The van der Waals surface area contributed by atoms with Crippen molar-refractivity contribution in [3.63, 3.8) is 0 Å². The zero-order valence-corrected chi connectivity index (χ0v) is 14.1. The lowest BCUT2D eigenvalue weighted by Crippen LogP contribution is -2.17. The summed E-state index contributed by atoms with van der Waals surface area (Å²) >= 11 is 1.39. The van der Waals surface area contributed by atoms with Crippen molar-refractivity contribution in [2.24, 2.45) is 0 Å². The molecule has 0 saturated carbocycles. The van der Waals surface area contributed by atoms with Crippen molar-refractivity contribution in [1.29, 1.82) is 0 Å². The molecule has 0 bridgehead atoms. The average Bonchev–Trinajstić information content (AvgIpc) is 3.24. The molecule has 0 spiro atoms. The number of aryl methyl sites for hydroxylation is 1. The van der Waals surface area contributed by atoms with Crippen LogP contribution in [0.25, 0.3) is 10.6 Å². The molecule has 6 nitrogen and oxygen atoms in total. The van der Waals surface area contributed by atoms with Crippen LogP contribution in [0.3, 0.4) is 0 Å². The van der Waals surface area contributed by atoms with E-state index < -0.39 is 6.10 Å². The maximum absolute atomic E-state index is 11.6. The van der Waals surface area contributed by atoms with Crippen molar-refractivity contribution in [2.45, 2.75) is 38.2 Å². The SMILES string of the molecule is O=[N+]([O-])c1cc(N2CCCC2)ccc1-c1nc2c(s1)C(O)CCC2. The Bertz CT molecular complexity index is 783. The summed E-state index contributed by atoms with van der Waals surface area (Å²) in [5.74, 6) is 0. The minimum absolute atomic E-state index is 0.0972. The number of nitro benzene ring substituents is 1. The Morgan fingerprint density at radius 3 is 2.79 bits per heavy atom. The van der Waals surface area contributed by atoms with Crippen molar-refractivity contribution in [1.82, 2.24) is 4.98 Å². The molecule has 2 aromatic rings. The molecule has 0 amide bonds. The fourth-order valence-electron chi connectivity index (χ4n) is 3.54. The Morgan fingerprint density at radius 1 is 1.29 bits per heavy atom. The van der Waals surface area contributed by atoms with Gasteiger partial charge in [-0.05, 0) is 44.2 Å². The van der Waals surface area contributed by atoms with Gasteiger partial charge in [-0.1, -0.05) is 0 Å². The van der Waals surface area contributed by atoms with Crippen molar-refractivity contribution in [3.8, 4) is 10.6 Å². The monoisotopic (exact) mass is 345 g/mol. The van der Waals surface area contributed by atoms with E-state index in [0.29, 0.717) is 10.6 Å². The highest BCUT2D eigenvalue weighted by molar-refractivity contribution is 7.15. The normalized spacial score (nSPS) is 20.2. The first-order valence-electron chi connectivity index (χ1n) is 8.35. The second kappa shape index (κ2) is 6.14. The van der Waals surface area contributed by atoms with Crippen LogP contribution < -0.4 is 4.90 Å². The molecule has 1 aliphatic carbocycles. The van der Waals surface area contributed by atoms with Crippen LogP contribution in [0.4, 0.5) is 11.4 Å². The number of anilines is 1. The molecule has 1 aromatic carbocycles. The van der Waals surface area contributed by atoms with E-state index in [1.807, 2.05) is 12.1 Å². The zero-order valence-electron chi connectivity index (χ0n) is 13.3. The number of rotatable bonds is 3. The molecule has 1 fully saturated rings. The largest absolute Gasteiger partial charge is 0.388 e. The Morgan fingerprint density at radius 2 is 2.08 bits per heavy atom. The summed E-state index contributed by atoms with van der Waals surface area (Å²) in [6, 6.07) is 5.42. The molecule has 0 radical (unpaired) electrons. The molecular formula is C17H19N3O3S. The molecule has 1 unspecified atom stereocenters. The standard InChI is InChI=1S/C17H19N3O3S/c21-15-5-3-4-13-16(15)24-17(18-13)12-7-6-11(10-14(12)20(22)23)19-8-1-2-9-19/h6-7,10,15,21H,1-5,8-9H2. The number of benzene rings is 1. The molecule has 1 aliphatic heterocycles. The number of hydrogen-bond acceptors (Lipinski definition) is 6. The number of aromatic nitrogens is 1. The topological polar surface area (TPSA) is 79.5 Å². The van der Waals surface area contributed by atoms with Crippen molar-refractivity contribution in [3.05, 3.63) is 38.9 Å². The third kappa shape index (κ3) is 2.67. The van der Waals surface area contributed by atoms with Gasteiger partial charge in [0.05, 0.1) is 27.2 Å². The van der Waals surface area contributed by atoms with E-state index in [2.05, 4.69) is 9.88 Å². The summed E-state index contributed by atoms with van der Waals surface area (Å²) in [7, 11) is 0. The fraction of sp³-hybridized carbons (Fsp3) is 0.471. The van der Waals surface area contributed by atoms with Crippen LogP contribution in [0.1, 0.15) is 42.4 Å². The maximum Gasteiger partial charge on any atom is 0.281 e. The molecule has 1 saturated heterocycles. The molecule has 1 aromatic heterocycles. The highest BCUT2D eigenvalue weighted by Gasteiger charge is 2.27. The lowest BCUT2D eigenvalue weighted by atomic mass is 10.0. The lowest BCUT2D eigenvalue weighted by Gasteiger charge is -2.17. The summed E-state index contributed by atoms with van der Waals surface area (Å²) in [4.78, 5) is 18.9. The van der Waals surface area contributed by atoms with Gasteiger partial charge in [0.1, 0.15) is 5.01 Å². The number of nitro groups is 1. The first-order valence-corrected chi connectivity index (χ1v) is 9.16. The fourth-order valence-corrected chi connectivity index (χ4v) is 4.70. The van der Waals surface area contributed by atoms with E-state index in [4.69, 9.17) is 0 Å².